The summed E-state index contributed by atoms with van der Waals surface area (Å²) < 4.78 is 0. The van der Waals surface area contributed by atoms with Crippen molar-refractivity contribution in [2.45, 2.75) is 57.7 Å². The van der Waals surface area contributed by atoms with E-state index in [1.807, 2.05) is 25.1 Å². The van der Waals surface area contributed by atoms with Gasteiger partial charge in [-0.1, -0.05) is 49.6 Å². The van der Waals surface area contributed by atoms with Gasteiger partial charge >= 0.3 is 6.03 Å². The van der Waals surface area contributed by atoms with Crippen molar-refractivity contribution in [3.8, 4) is 0 Å². The molecule has 5 nitrogen and oxygen atoms in total. The zero-order valence-electron chi connectivity index (χ0n) is 13.4. The number of urea groups is 1. The van der Waals surface area contributed by atoms with Gasteiger partial charge in [0.15, 0.2) is 0 Å². The summed E-state index contributed by atoms with van der Waals surface area (Å²) in [6.45, 7) is 2.21. The summed E-state index contributed by atoms with van der Waals surface area (Å²) in [5, 5.41) is 9.45. The Labute approximate surface area is 142 Å². The van der Waals surface area contributed by atoms with Crippen LogP contribution < -0.4 is 16.0 Å². The third-order valence-corrected chi connectivity index (χ3v) is 4.52. The number of hydrogen-bond donors (Lipinski definition) is 3. The average molecular weight is 338 g/mol. The van der Waals surface area contributed by atoms with E-state index in [-0.39, 0.29) is 24.0 Å². The highest BCUT2D eigenvalue weighted by atomic mass is 35.5. The summed E-state index contributed by atoms with van der Waals surface area (Å²) in [5.41, 5.74) is 0.879. The molecule has 1 aromatic carbocycles. The van der Waals surface area contributed by atoms with Crippen LogP contribution in [0.5, 0.6) is 0 Å². The van der Waals surface area contributed by atoms with Gasteiger partial charge in [0.1, 0.15) is 0 Å². The van der Waals surface area contributed by atoms with Gasteiger partial charge in [-0.05, 0) is 24.5 Å². The predicted octanol–water partition coefficient (Wildman–Crippen LogP) is 2.98. The van der Waals surface area contributed by atoms with E-state index in [1.165, 1.54) is 0 Å². The molecule has 0 radical (unpaired) electrons. The molecule has 2 rings (SSSR count). The number of nitrogens with one attached hydrogen (secondary N) is 3. The van der Waals surface area contributed by atoms with Crippen molar-refractivity contribution in [1.29, 1.82) is 0 Å². The first-order chi connectivity index (χ1) is 11.1. The maximum Gasteiger partial charge on any atom is 0.315 e. The summed E-state index contributed by atoms with van der Waals surface area (Å²) in [6, 6.07) is 7.19. The fourth-order valence-electron chi connectivity index (χ4n) is 2.82. The molecule has 126 valence electrons. The predicted molar refractivity (Wildman–Crippen MR) is 91.3 cm³/mol. The highest BCUT2D eigenvalue weighted by molar-refractivity contribution is 6.31. The van der Waals surface area contributed by atoms with Gasteiger partial charge in [0.25, 0.3) is 0 Å². The molecule has 1 aliphatic rings. The first-order valence-electron chi connectivity index (χ1n) is 8.17. The fourth-order valence-corrected chi connectivity index (χ4v) is 3.02. The van der Waals surface area contributed by atoms with Crippen molar-refractivity contribution >= 4 is 23.5 Å². The van der Waals surface area contributed by atoms with Gasteiger partial charge in [0, 0.05) is 24.0 Å². The number of hydrogen-bond acceptors (Lipinski definition) is 2. The summed E-state index contributed by atoms with van der Waals surface area (Å²) in [6.07, 6.45) is 4.39. The van der Waals surface area contributed by atoms with Crippen LogP contribution in [-0.2, 0) is 11.3 Å². The topological polar surface area (TPSA) is 70.2 Å². The zero-order valence-corrected chi connectivity index (χ0v) is 14.2. The van der Waals surface area contributed by atoms with Gasteiger partial charge in [0.2, 0.25) is 5.91 Å². The van der Waals surface area contributed by atoms with Crippen LogP contribution in [0.1, 0.15) is 44.6 Å². The van der Waals surface area contributed by atoms with E-state index in [1.54, 1.807) is 6.07 Å². The molecular weight excluding hydrogens is 314 g/mol. The highest BCUT2D eigenvalue weighted by Crippen LogP contribution is 2.19. The summed E-state index contributed by atoms with van der Waals surface area (Å²) in [4.78, 5) is 23.7. The first kappa shape index (κ1) is 17.6. The van der Waals surface area contributed by atoms with E-state index in [0.717, 1.165) is 31.2 Å². The molecule has 0 saturated heterocycles. The summed E-state index contributed by atoms with van der Waals surface area (Å²) in [7, 11) is 0. The molecule has 1 aliphatic carbocycles. The molecule has 0 aromatic heterocycles. The van der Waals surface area contributed by atoms with Gasteiger partial charge in [-0.25, -0.2) is 4.79 Å². The molecule has 1 fully saturated rings. The van der Waals surface area contributed by atoms with E-state index in [9.17, 15) is 9.59 Å². The van der Waals surface area contributed by atoms with Crippen molar-refractivity contribution in [2.24, 2.45) is 0 Å². The van der Waals surface area contributed by atoms with Crippen LogP contribution in [0.2, 0.25) is 5.02 Å². The molecule has 1 saturated carbocycles. The van der Waals surface area contributed by atoms with Crippen LogP contribution in [0, 0.1) is 0 Å². The number of amides is 3. The standard InChI is InChI=1S/C17H24ClN3O2/c1-2-16(22)20-14-9-5-6-10-15(14)21-17(23)19-11-12-7-3-4-8-13(12)18/h3-4,7-8,14-15H,2,5-6,9-11H2,1H3,(H,20,22)(H2,19,21,23). The SMILES string of the molecule is CCC(=O)NC1CCCCC1NC(=O)NCc1ccccc1Cl. The normalized spacial score (nSPS) is 20.6. The van der Waals surface area contributed by atoms with Crippen LogP contribution in [0.4, 0.5) is 4.79 Å². The summed E-state index contributed by atoms with van der Waals surface area (Å²) in [5.74, 6) is 0.0279. The lowest BCUT2D eigenvalue weighted by Crippen LogP contribution is -2.55. The van der Waals surface area contributed by atoms with Gasteiger partial charge in [-0.3, -0.25) is 4.79 Å². The Balaban J connectivity index is 1.85. The Hall–Kier alpha value is -1.75. The Morgan fingerprint density at radius 2 is 1.78 bits per heavy atom. The van der Waals surface area contributed by atoms with E-state index < -0.39 is 0 Å². The molecule has 2 atom stereocenters. The molecule has 2 unspecified atom stereocenters. The van der Waals surface area contributed by atoms with Crippen molar-refractivity contribution < 1.29 is 9.59 Å². The quantitative estimate of drug-likeness (QED) is 0.773. The second-order valence-corrected chi connectivity index (χ2v) is 6.24. The van der Waals surface area contributed by atoms with E-state index >= 15 is 0 Å². The summed E-state index contributed by atoms with van der Waals surface area (Å²) >= 11 is 6.08. The molecule has 0 spiro atoms. The number of carbonyl (C=O) groups excluding carboxylic acids is 2. The largest absolute Gasteiger partial charge is 0.351 e. The minimum atomic E-state index is -0.229. The molecule has 0 heterocycles. The Bertz CT molecular complexity index is 550. The number of rotatable bonds is 5. The van der Waals surface area contributed by atoms with Crippen molar-refractivity contribution in [3.05, 3.63) is 34.9 Å². The molecule has 3 amide bonds. The van der Waals surface area contributed by atoms with Gasteiger partial charge in [0.05, 0.1) is 6.04 Å². The maximum absolute atomic E-state index is 12.1. The monoisotopic (exact) mass is 337 g/mol. The molecular formula is C17H24ClN3O2. The van der Waals surface area contributed by atoms with Crippen LogP contribution in [0.3, 0.4) is 0 Å². The van der Waals surface area contributed by atoms with Gasteiger partial charge < -0.3 is 16.0 Å². The number of carbonyl (C=O) groups is 2. The minimum Gasteiger partial charge on any atom is -0.351 e. The number of benzene rings is 1. The minimum absolute atomic E-state index is 0.0160. The Kier molecular flexibility index (Phi) is 6.71. The molecule has 1 aromatic rings. The van der Waals surface area contributed by atoms with Crippen LogP contribution in [0.25, 0.3) is 0 Å². The van der Waals surface area contributed by atoms with Crippen molar-refractivity contribution in [1.82, 2.24) is 16.0 Å². The third kappa shape index (κ3) is 5.43. The van der Waals surface area contributed by atoms with Gasteiger partial charge in [-0.2, -0.15) is 0 Å². The van der Waals surface area contributed by atoms with Gasteiger partial charge in [-0.15, -0.1) is 0 Å². The Morgan fingerprint density at radius 3 is 2.43 bits per heavy atom. The lowest BCUT2D eigenvalue weighted by atomic mass is 9.90. The third-order valence-electron chi connectivity index (χ3n) is 4.15. The highest BCUT2D eigenvalue weighted by Gasteiger charge is 2.27. The van der Waals surface area contributed by atoms with E-state index in [2.05, 4.69) is 16.0 Å². The van der Waals surface area contributed by atoms with Crippen LogP contribution in [-0.4, -0.2) is 24.0 Å². The molecule has 23 heavy (non-hydrogen) atoms. The average Bonchev–Trinajstić information content (AvgIpc) is 2.56. The first-order valence-corrected chi connectivity index (χ1v) is 8.55. The number of halogens is 1. The lowest BCUT2D eigenvalue weighted by Gasteiger charge is -2.32. The molecule has 3 N–H and O–H groups in total. The van der Waals surface area contributed by atoms with E-state index in [0.29, 0.717) is 18.0 Å². The maximum atomic E-state index is 12.1. The van der Waals surface area contributed by atoms with Crippen LogP contribution in [0.15, 0.2) is 24.3 Å². The zero-order chi connectivity index (χ0) is 16.7. The van der Waals surface area contributed by atoms with Crippen LogP contribution >= 0.6 is 11.6 Å². The van der Waals surface area contributed by atoms with Crippen molar-refractivity contribution in [3.63, 3.8) is 0 Å². The second kappa shape index (κ2) is 8.77. The smallest absolute Gasteiger partial charge is 0.315 e. The molecule has 0 aliphatic heterocycles. The van der Waals surface area contributed by atoms with E-state index in [4.69, 9.17) is 11.6 Å². The molecule has 6 heteroatoms. The van der Waals surface area contributed by atoms with Crippen molar-refractivity contribution in [2.75, 3.05) is 0 Å². The Morgan fingerprint density at radius 1 is 1.13 bits per heavy atom. The fraction of sp³-hybridized carbons (Fsp3) is 0.529. The second-order valence-electron chi connectivity index (χ2n) is 5.84. The molecule has 0 bridgehead atoms. The lowest BCUT2D eigenvalue weighted by molar-refractivity contribution is -0.121.